The lowest BCUT2D eigenvalue weighted by Gasteiger charge is -2.14. The highest BCUT2D eigenvalue weighted by molar-refractivity contribution is 9.10. The molecule has 0 aliphatic carbocycles. The molecule has 0 bridgehead atoms. The Morgan fingerprint density at radius 3 is 2.50 bits per heavy atom. The lowest BCUT2D eigenvalue weighted by molar-refractivity contribution is 0.411. The molecule has 2 nitrogen and oxygen atoms in total. The van der Waals surface area contributed by atoms with Crippen LogP contribution in [-0.2, 0) is 0 Å². The summed E-state index contributed by atoms with van der Waals surface area (Å²) in [5.41, 5.74) is 7.30. The summed E-state index contributed by atoms with van der Waals surface area (Å²) >= 11 is 3.48. The minimum absolute atomic E-state index is 0.115. The maximum absolute atomic E-state index is 6.14. The highest BCUT2D eigenvalue weighted by Gasteiger charge is 2.09. The van der Waals surface area contributed by atoms with E-state index < -0.39 is 0 Å². The van der Waals surface area contributed by atoms with E-state index in [2.05, 4.69) is 29.8 Å². The molecule has 16 heavy (non-hydrogen) atoms. The molecule has 1 aromatic carbocycles. The molecule has 1 unspecified atom stereocenters. The smallest absolute Gasteiger partial charge is 0.133 e. The van der Waals surface area contributed by atoms with Gasteiger partial charge in [-0.3, -0.25) is 0 Å². The van der Waals surface area contributed by atoms with Crippen molar-refractivity contribution in [2.24, 2.45) is 11.7 Å². The van der Waals surface area contributed by atoms with Gasteiger partial charge >= 0.3 is 0 Å². The molecule has 90 valence electrons. The second-order valence-electron chi connectivity index (χ2n) is 4.47. The summed E-state index contributed by atoms with van der Waals surface area (Å²) in [5, 5.41) is 0. The number of nitrogens with two attached hydrogens (primary N) is 1. The topological polar surface area (TPSA) is 35.2 Å². The zero-order chi connectivity index (χ0) is 12.1. The van der Waals surface area contributed by atoms with Gasteiger partial charge < -0.3 is 10.5 Å². The van der Waals surface area contributed by atoms with E-state index in [1.807, 2.05) is 18.2 Å². The summed E-state index contributed by atoms with van der Waals surface area (Å²) in [4.78, 5) is 0. The van der Waals surface area contributed by atoms with E-state index in [9.17, 15) is 0 Å². The van der Waals surface area contributed by atoms with Crippen LogP contribution in [0.3, 0.4) is 0 Å². The van der Waals surface area contributed by atoms with Crippen molar-refractivity contribution in [3.05, 3.63) is 28.2 Å². The summed E-state index contributed by atoms with van der Waals surface area (Å²) in [6.07, 6.45) is 2.18. The number of methoxy groups -OCH3 is 1. The lowest BCUT2D eigenvalue weighted by atomic mass is 9.98. The van der Waals surface area contributed by atoms with Gasteiger partial charge in [0.2, 0.25) is 0 Å². The van der Waals surface area contributed by atoms with Crippen LogP contribution in [0.4, 0.5) is 0 Å². The van der Waals surface area contributed by atoms with Gasteiger partial charge in [0.25, 0.3) is 0 Å². The molecule has 1 rings (SSSR count). The molecule has 0 heterocycles. The van der Waals surface area contributed by atoms with E-state index >= 15 is 0 Å². The minimum Gasteiger partial charge on any atom is -0.496 e. The predicted octanol–water partition coefficient (Wildman–Crippen LogP) is 3.89. The average molecular weight is 286 g/mol. The second-order valence-corrected chi connectivity index (χ2v) is 5.33. The molecule has 0 spiro atoms. The van der Waals surface area contributed by atoms with Crippen LogP contribution in [0.1, 0.15) is 38.3 Å². The van der Waals surface area contributed by atoms with Crippen LogP contribution in [0.2, 0.25) is 0 Å². The van der Waals surface area contributed by atoms with E-state index in [1.54, 1.807) is 7.11 Å². The molecule has 0 saturated heterocycles. The molecule has 1 atom stereocenters. The molecule has 0 aromatic heterocycles. The maximum Gasteiger partial charge on any atom is 0.133 e. The van der Waals surface area contributed by atoms with Crippen molar-refractivity contribution in [3.63, 3.8) is 0 Å². The highest BCUT2D eigenvalue weighted by atomic mass is 79.9. The van der Waals surface area contributed by atoms with Crippen LogP contribution < -0.4 is 10.5 Å². The van der Waals surface area contributed by atoms with Crippen LogP contribution in [-0.4, -0.2) is 7.11 Å². The summed E-state index contributed by atoms with van der Waals surface area (Å²) < 4.78 is 6.16. The van der Waals surface area contributed by atoms with E-state index in [0.29, 0.717) is 5.92 Å². The van der Waals surface area contributed by atoms with E-state index in [-0.39, 0.29) is 6.04 Å². The number of rotatable bonds is 5. The van der Waals surface area contributed by atoms with Gasteiger partial charge in [0, 0.05) is 6.04 Å². The molecular formula is C13H20BrNO. The lowest BCUT2D eigenvalue weighted by Crippen LogP contribution is -2.11. The number of benzene rings is 1. The minimum atomic E-state index is 0.115. The molecule has 0 fully saturated rings. The van der Waals surface area contributed by atoms with Gasteiger partial charge in [-0.05, 0) is 52.4 Å². The van der Waals surface area contributed by atoms with Gasteiger partial charge in [0.15, 0.2) is 0 Å². The number of hydrogen-bond acceptors (Lipinski definition) is 2. The fourth-order valence-electron chi connectivity index (χ4n) is 1.59. The Labute approximate surface area is 106 Å². The first-order valence-corrected chi connectivity index (χ1v) is 6.43. The molecule has 0 saturated carbocycles. The molecular weight excluding hydrogens is 266 g/mol. The Bertz CT molecular complexity index is 339. The largest absolute Gasteiger partial charge is 0.496 e. The van der Waals surface area contributed by atoms with Gasteiger partial charge in [-0.1, -0.05) is 19.9 Å². The Hall–Kier alpha value is -0.540. The van der Waals surface area contributed by atoms with Gasteiger partial charge in [-0.2, -0.15) is 0 Å². The van der Waals surface area contributed by atoms with Crippen LogP contribution in [0, 0.1) is 5.92 Å². The third-order valence-corrected chi connectivity index (χ3v) is 3.28. The Morgan fingerprint density at radius 1 is 1.31 bits per heavy atom. The average Bonchev–Trinajstić information content (AvgIpc) is 2.25. The van der Waals surface area contributed by atoms with Crippen molar-refractivity contribution in [1.29, 1.82) is 0 Å². The van der Waals surface area contributed by atoms with Gasteiger partial charge in [-0.25, -0.2) is 0 Å². The summed E-state index contributed by atoms with van der Waals surface area (Å²) in [7, 11) is 1.67. The van der Waals surface area contributed by atoms with Crippen molar-refractivity contribution >= 4 is 15.9 Å². The summed E-state index contributed by atoms with van der Waals surface area (Å²) in [5.74, 6) is 1.55. The van der Waals surface area contributed by atoms with Crippen LogP contribution in [0.25, 0.3) is 0 Å². The van der Waals surface area contributed by atoms with Crippen molar-refractivity contribution in [2.45, 2.75) is 32.7 Å². The molecule has 1 aromatic rings. The molecule has 0 aliphatic rings. The Morgan fingerprint density at radius 2 is 2.00 bits per heavy atom. The summed E-state index contributed by atoms with van der Waals surface area (Å²) in [6, 6.07) is 6.15. The number of hydrogen-bond donors (Lipinski definition) is 1. The Kier molecular flexibility index (Phi) is 5.29. The molecule has 0 amide bonds. The number of ether oxygens (including phenoxy) is 1. The quantitative estimate of drug-likeness (QED) is 0.891. The SMILES string of the molecule is COc1ccc(C(N)CCC(C)C)cc1Br. The summed E-state index contributed by atoms with van der Waals surface area (Å²) in [6.45, 7) is 4.44. The maximum atomic E-state index is 6.14. The molecule has 3 heteroatoms. The third-order valence-electron chi connectivity index (χ3n) is 2.66. The van der Waals surface area contributed by atoms with Gasteiger partial charge in [-0.15, -0.1) is 0 Å². The zero-order valence-electron chi connectivity index (χ0n) is 10.2. The molecule has 0 radical (unpaired) electrons. The second kappa shape index (κ2) is 6.26. The zero-order valence-corrected chi connectivity index (χ0v) is 11.8. The van der Waals surface area contributed by atoms with Crippen molar-refractivity contribution in [2.75, 3.05) is 7.11 Å². The first-order chi connectivity index (χ1) is 7.54. The predicted molar refractivity (Wildman–Crippen MR) is 71.7 cm³/mol. The molecule has 0 aliphatic heterocycles. The van der Waals surface area contributed by atoms with E-state index in [0.717, 1.165) is 28.6 Å². The standard InChI is InChI=1S/C13H20BrNO/c1-9(2)4-6-12(15)10-5-7-13(16-3)11(14)8-10/h5,7-9,12H,4,6,15H2,1-3H3. The van der Waals surface area contributed by atoms with Crippen LogP contribution in [0.15, 0.2) is 22.7 Å². The Balaban J connectivity index is 2.69. The first kappa shape index (κ1) is 13.5. The third kappa shape index (κ3) is 3.80. The van der Waals surface area contributed by atoms with Crippen LogP contribution >= 0.6 is 15.9 Å². The molecule has 2 N–H and O–H groups in total. The van der Waals surface area contributed by atoms with Crippen molar-refractivity contribution in [1.82, 2.24) is 0 Å². The first-order valence-electron chi connectivity index (χ1n) is 5.63. The van der Waals surface area contributed by atoms with Crippen molar-refractivity contribution < 1.29 is 4.74 Å². The van der Waals surface area contributed by atoms with E-state index in [1.165, 1.54) is 0 Å². The monoisotopic (exact) mass is 285 g/mol. The van der Waals surface area contributed by atoms with Crippen molar-refractivity contribution in [3.8, 4) is 5.75 Å². The highest BCUT2D eigenvalue weighted by Crippen LogP contribution is 2.29. The fourth-order valence-corrected chi connectivity index (χ4v) is 2.15. The van der Waals surface area contributed by atoms with E-state index in [4.69, 9.17) is 10.5 Å². The fraction of sp³-hybridized carbons (Fsp3) is 0.538. The van der Waals surface area contributed by atoms with Gasteiger partial charge in [0.1, 0.15) is 5.75 Å². The number of halogens is 1. The normalized spacial score (nSPS) is 12.9. The van der Waals surface area contributed by atoms with Crippen LogP contribution in [0.5, 0.6) is 5.75 Å². The van der Waals surface area contributed by atoms with Gasteiger partial charge in [0.05, 0.1) is 11.6 Å².